The number of aromatic nitrogens is 1. The van der Waals surface area contributed by atoms with E-state index in [9.17, 15) is 9.59 Å². The van der Waals surface area contributed by atoms with Crippen molar-refractivity contribution in [2.75, 3.05) is 26.8 Å². The second-order valence-electron chi connectivity index (χ2n) is 3.73. The molecule has 0 saturated heterocycles. The highest BCUT2D eigenvalue weighted by molar-refractivity contribution is 5.91. The molecule has 0 aliphatic carbocycles. The molecule has 0 atom stereocenters. The fraction of sp³-hybridized carbons (Fsp3) is 0.462. The topological polar surface area (TPSA) is 68.7 Å². The molecule has 0 spiro atoms. The lowest BCUT2D eigenvalue weighted by atomic mass is 10.3. The van der Waals surface area contributed by atoms with Crippen LogP contribution in [0.3, 0.4) is 0 Å². The zero-order valence-electron chi connectivity index (χ0n) is 11.4. The average Bonchev–Trinajstić information content (AvgIpc) is 2.46. The average molecular weight is 266 g/mol. The molecule has 104 valence electrons. The molecule has 0 aliphatic rings. The molecular weight excluding hydrogens is 248 g/mol. The Labute approximate surface area is 112 Å². The maximum absolute atomic E-state index is 11.7. The highest BCUT2D eigenvalue weighted by Crippen LogP contribution is 2.07. The summed E-state index contributed by atoms with van der Waals surface area (Å²) < 4.78 is 9.82. The van der Waals surface area contributed by atoms with Crippen LogP contribution in [0.2, 0.25) is 0 Å². The lowest BCUT2D eigenvalue weighted by molar-refractivity contribution is -0.134. The monoisotopic (exact) mass is 266 g/mol. The van der Waals surface area contributed by atoms with Gasteiger partial charge in [-0.1, -0.05) is 0 Å². The van der Waals surface area contributed by atoms with Crippen molar-refractivity contribution in [3.05, 3.63) is 23.9 Å². The molecule has 1 heterocycles. The molecule has 0 aromatic carbocycles. The molecule has 0 fully saturated rings. The van der Waals surface area contributed by atoms with Crippen LogP contribution >= 0.6 is 0 Å². The predicted molar refractivity (Wildman–Crippen MR) is 69.0 cm³/mol. The van der Waals surface area contributed by atoms with E-state index >= 15 is 0 Å². The van der Waals surface area contributed by atoms with Gasteiger partial charge in [-0.25, -0.2) is 9.78 Å². The first-order chi connectivity index (χ1) is 9.12. The Morgan fingerprint density at radius 2 is 1.95 bits per heavy atom. The number of amides is 1. The summed E-state index contributed by atoms with van der Waals surface area (Å²) in [6.07, 6.45) is 1.35. The minimum absolute atomic E-state index is 0.208. The summed E-state index contributed by atoms with van der Waals surface area (Å²) in [5.74, 6) is -0.369. The Morgan fingerprint density at radius 1 is 1.26 bits per heavy atom. The fourth-order valence-electron chi connectivity index (χ4n) is 1.50. The first-order valence-corrected chi connectivity index (χ1v) is 6.07. The molecule has 0 aliphatic heterocycles. The van der Waals surface area contributed by atoms with Gasteiger partial charge in [0, 0.05) is 25.4 Å². The standard InChI is InChI=1S/C13H18N2O4/c1-4-15(5-2)12(16)9-19-13(17)10-6-7-11(18-3)14-8-10/h6-8H,4-5,9H2,1-3H3. The third-order valence-electron chi connectivity index (χ3n) is 2.62. The van der Waals surface area contributed by atoms with E-state index in [-0.39, 0.29) is 18.1 Å². The van der Waals surface area contributed by atoms with Crippen LogP contribution in [0.15, 0.2) is 18.3 Å². The van der Waals surface area contributed by atoms with Gasteiger partial charge < -0.3 is 14.4 Å². The fourth-order valence-corrected chi connectivity index (χ4v) is 1.50. The second kappa shape index (κ2) is 7.35. The maximum Gasteiger partial charge on any atom is 0.340 e. The van der Waals surface area contributed by atoms with E-state index in [2.05, 4.69) is 4.98 Å². The van der Waals surface area contributed by atoms with E-state index in [0.29, 0.717) is 19.0 Å². The summed E-state index contributed by atoms with van der Waals surface area (Å²) in [7, 11) is 1.49. The third kappa shape index (κ3) is 4.24. The van der Waals surface area contributed by atoms with Gasteiger partial charge >= 0.3 is 5.97 Å². The molecule has 19 heavy (non-hydrogen) atoms. The third-order valence-corrected chi connectivity index (χ3v) is 2.62. The number of nitrogens with zero attached hydrogens (tertiary/aromatic N) is 2. The highest BCUT2D eigenvalue weighted by Gasteiger charge is 2.14. The molecule has 1 aromatic rings. The van der Waals surface area contributed by atoms with E-state index in [0.717, 1.165) is 0 Å². The molecule has 1 rings (SSSR count). The van der Waals surface area contributed by atoms with Crippen LogP contribution in [-0.2, 0) is 9.53 Å². The molecule has 0 unspecified atom stereocenters. The zero-order chi connectivity index (χ0) is 14.3. The normalized spacial score (nSPS) is 9.84. The number of hydrogen-bond acceptors (Lipinski definition) is 5. The van der Waals surface area contributed by atoms with Gasteiger partial charge in [-0.05, 0) is 19.9 Å². The van der Waals surface area contributed by atoms with Crippen LogP contribution in [0.4, 0.5) is 0 Å². The minimum Gasteiger partial charge on any atom is -0.481 e. The van der Waals surface area contributed by atoms with E-state index in [1.165, 1.54) is 19.4 Å². The van der Waals surface area contributed by atoms with Gasteiger partial charge in [-0.2, -0.15) is 0 Å². The van der Waals surface area contributed by atoms with Crippen molar-refractivity contribution in [3.63, 3.8) is 0 Å². The summed E-state index contributed by atoms with van der Waals surface area (Å²) >= 11 is 0. The van der Waals surface area contributed by atoms with Crippen molar-refractivity contribution in [2.24, 2.45) is 0 Å². The van der Waals surface area contributed by atoms with Crippen molar-refractivity contribution >= 4 is 11.9 Å². The molecule has 0 radical (unpaired) electrons. The van der Waals surface area contributed by atoms with E-state index in [1.807, 2.05) is 13.8 Å². The quantitative estimate of drug-likeness (QED) is 0.722. The molecular formula is C13H18N2O4. The lowest BCUT2D eigenvalue weighted by Gasteiger charge is -2.18. The molecule has 0 bridgehead atoms. The first-order valence-electron chi connectivity index (χ1n) is 6.07. The Kier molecular flexibility index (Phi) is 5.78. The van der Waals surface area contributed by atoms with Gasteiger partial charge in [0.2, 0.25) is 5.88 Å². The Morgan fingerprint density at radius 3 is 2.42 bits per heavy atom. The Balaban J connectivity index is 2.52. The van der Waals surface area contributed by atoms with Crippen LogP contribution < -0.4 is 4.74 Å². The number of likely N-dealkylation sites (N-methyl/N-ethyl adjacent to an activating group) is 1. The number of esters is 1. The smallest absolute Gasteiger partial charge is 0.340 e. The van der Waals surface area contributed by atoms with Crippen molar-refractivity contribution < 1.29 is 19.1 Å². The summed E-state index contributed by atoms with van der Waals surface area (Å²) in [5.41, 5.74) is 0.285. The van der Waals surface area contributed by atoms with Crippen molar-refractivity contribution in [3.8, 4) is 5.88 Å². The van der Waals surface area contributed by atoms with Gasteiger partial charge in [-0.3, -0.25) is 4.79 Å². The largest absolute Gasteiger partial charge is 0.481 e. The van der Waals surface area contributed by atoms with Gasteiger partial charge in [0.25, 0.3) is 5.91 Å². The maximum atomic E-state index is 11.7. The molecule has 1 amide bonds. The predicted octanol–water partition coefficient (Wildman–Crippen LogP) is 1.12. The molecule has 0 saturated carbocycles. The summed E-state index contributed by atoms with van der Waals surface area (Å²) in [6, 6.07) is 3.10. The van der Waals surface area contributed by atoms with Crippen molar-refractivity contribution in [1.29, 1.82) is 0 Å². The number of hydrogen-bond donors (Lipinski definition) is 0. The first kappa shape index (κ1) is 14.9. The van der Waals surface area contributed by atoms with Gasteiger partial charge in [0.1, 0.15) is 0 Å². The number of carbonyl (C=O) groups is 2. The number of carbonyl (C=O) groups excluding carboxylic acids is 2. The van der Waals surface area contributed by atoms with Gasteiger partial charge in [0.05, 0.1) is 12.7 Å². The van der Waals surface area contributed by atoms with Crippen LogP contribution in [0, 0.1) is 0 Å². The van der Waals surface area contributed by atoms with E-state index in [4.69, 9.17) is 9.47 Å². The molecule has 6 heteroatoms. The highest BCUT2D eigenvalue weighted by atomic mass is 16.5. The van der Waals surface area contributed by atoms with Crippen LogP contribution in [-0.4, -0.2) is 48.6 Å². The number of pyridine rings is 1. The SMILES string of the molecule is CCN(CC)C(=O)COC(=O)c1ccc(OC)nc1. The van der Waals surface area contributed by atoms with Gasteiger partial charge in [-0.15, -0.1) is 0 Å². The van der Waals surface area contributed by atoms with Crippen LogP contribution in [0.25, 0.3) is 0 Å². The Hall–Kier alpha value is -2.11. The van der Waals surface area contributed by atoms with Crippen LogP contribution in [0.5, 0.6) is 5.88 Å². The molecule has 0 N–H and O–H groups in total. The van der Waals surface area contributed by atoms with Gasteiger partial charge in [0.15, 0.2) is 6.61 Å². The lowest BCUT2D eigenvalue weighted by Crippen LogP contribution is -2.34. The summed E-state index contributed by atoms with van der Waals surface area (Å²) in [5, 5.41) is 0. The van der Waals surface area contributed by atoms with E-state index < -0.39 is 5.97 Å². The second-order valence-corrected chi connectivity index (χ2v) is 3.73. The number of ether oxygens (including phenoxy) is 2. The number of rotatable bonds is 6. The van der Waals surface area contributed by atoms with E-state index in [1.54, 1.807) is 11.0 Å². The minimum atomic E-state index is -0.573. The zero-order valence-corrected chi connectivity index (χ0v) is 11.4. The van der Waals surface area contributed by atoms with Crippen molar-refractivity contribution in [1.82, 2.24) is 9.88 Å². The van der Waals surface area contributed by atoms with Crippen LogP contribution in [0.1, 0.15) is 24.2 Å². The number of methoxy groups -OCH3 is 1. The molecule has 6 nitrogen and oxygen atoms in total. The summed E-state index contributed by atoms with van der Waals surface area (Å²) in [6.45, 7) is 4.67. The van der Waals surface area contributed by atoms with Crippen molar-refractivity contribution in [2.45, 2.75) is 13.8 Å². The Bertz CT molecular complexity index is 427. The molecule has 1 aromatic heterocycles. The summed E-state index contributed by atoms with van der Waals surface area (Å²) in [4.78, 5) is 28.8.